The summed E-state index contributed by atoms with van der Waals surface area (Å²) < 4.78 is 5.00. The maximum atomic E-state index is 9.33. The van der Waals surface area contributed by atoms with Crippen LogP contribution in [0, 0.1) is 0 Å². The van der Waals surface area contributed by atoms with Gasteiger partial charge in [-0.05, 0) is 25.5 Å². The molecular weight excluding hydrogens is 204 g/mol. The van der Waals surface area contributed by atoms with Crippen LogP contribution in [0.5, 0.6) is 0 Å². The summed E-state index contributed by atoms with van der Waals surface area (Å²) in [5.74, 6) is 0. The fraction of sp³-hybridized carbons (Fsp3) is 0.583. The Balaban J connectivity index is 2.52. The molecule has 0 radical (unpaired) electrons. The summed E-state index contributed by atoms with van der Waals surface area (Å²) in [6, 6.07) is 3.83. The first kappa shape index (κ1) is 12.9. The van der Waals surface area contributed by atoms with Gasteiger partial charge in [-0.3, -0.25) is 4.98 Å². The van der Waals surface area contributed by atoms with Crippen molar-refractivity contribution in [2.75, 3.05) is 32.2 Å². The highest BCUT2D eigenvalue weighted by Crippen LogP contribution is 2.15. The average Bonchev–Trinajstić information content (AvgIpc) is 2.29. The molecule has 0 aliphatic heterocycles. The third-order valence-electron chi connectivity index (χ3n) is 2.48. The predicted octanol–water partition coefficient (Wildman–Crippen LogP) is 1.61. The van der Waals surface area contributed by atoms with E-state index in [1.165, 1.54) is 0 Å². The molecule has 1 atom stereocenters. The number of methoxy groups -OCH3 is 1. The van der Waals surface area contributed by atoms with E-state index in [9.17, 15) is 5.11 Å². The Kier molecular flexibility index (Phi) is 5.22. The third-order valence-corrected chi connectivity index (χ3v) is 2.48. The van der Waals surface area contributed by atoms with Gasteiger partial charge in [-0.15, -0.1) is 0 Å². The van der Waals surface area contributed by atoms with Crippen LogP contribution in [0.2, 0.25) is 0 Å². The fourth-order valence-electron chi connectivity index (χ4n) is 1.45. The van der Waals surface area contributed by atoms with E-state index >= 15 is 0 Å². The molecule has 4 heteroatoms. The first-order chi connectivity index (χ1) is 7.65. The lowest BCUT2D eigenvalue weighted by atomic mass is 10.2. The quantitative estimate of drug-likeness (QED) is 0.746. The molecule has 90 valence electrons. The lowest BCUT2D eigenvalue weighted by Gasteiger charge is -2.19. The Labute approximate surface area is 96.9 Å². The van der Waals surface area contributed by atoms with E-state index in [-0.39, 0.29) is 0 Å². The van der Waals surface area contributed by atoms with Crippen molar-refractivity contribution in [1.82, 2.24) is 4.98 Å². The lowest BCUT2D eigenvalue weighted by molar-refractivity contribution is 0.194. The number of nitrogens with zero attached hydrogens (tertiary/aromatic N) is 2. The van der Waals surface area contributed by atoms with Crippen LogP contribution in [0.25, 0.3) is 0 Å². The molecule has 0 spiro atoms. The number of hydrogen-bond donors (Lipinski definition) is 1. The molecule has 0 saturated carbocycles. The molecule has 1 aromatic heterocycles. The SMILES string of the molecule is COCCCN(C)c1ccc([C@H](C)O)nc1. The van der Waals surface area contributed by atoms with Gasteiger partial charge in [0, 0.05) is 27.3 Å². The lowest BCUT2D eigenvalue weighted by Crippen LogP contribution is -2.19. The van der Waals surface area contributed by atoms with Gasteiger partial charge in [0.05, 0.1) is 23.7 Å². The summed E-state index contributed by atoms with van der Waals surface area (Å²) in [6.07, 6.45) is 2.27. The zero-order valence-corrected chi connectivity index (χ0v) is 10.2. The topological polar surface area (TPSA) is 45.6 Å². The largest absolute Gasteiger partial charge is 0.387 e. The van der Waals surface area contributed by atoms with Gasteiger partial charge in [0.2, 0.25) is 0 Å². The van der Waals surface area contributed by atoms with Gasteiger partial charge in [0.15, 0.2) is 0 Å². The second-order valence-electron chi connectivity index (χ2n) is 3.89. The fourth-order valence-corrected chi connectivity index (χ4v) is 1.45. The number of rotatable bonds is 6. The van der Waals surface area contributed by atoms with Crippen LogP contribution >= 0.6 is 0 Å². The first-order valence-electron chi connectivity index (χ1n) is 5.49. The van der Waals surface area contributed by atoms with Gasteiger partial charge < -0.3 is 14.7 Å². The molecule has 0 aliphatic carbocycles. The van der Waals surface area contributed by atoms with E-state index in [4.69, 9.17) is 4.74 Å². The number of aliphatic hydroxyl groups is 1. The van der Waals surface area contributed by atoms with E-state index < -0.39 is 6.10 Å². The Morgan fingerprint density at radius 1 is 1.50 bits per heavy atom. The van der Waals surface area contributed by atoms with Crippen molar-refractivity contribution in [2.24, 2.45) is 0 Å². The summed E-state index contributed by atoms with van der Waals surface area (Å²) in [5.41, 5.74) is 1.76. The molecule has 1 N–H and O–H groups in total. The Morgan fingerprint density at radius 3 is 2.75 bits per heavy atom. The minimum atomic E-state index is -0.507. The van der Waals surface area contributed by atoms with E-state index in [1.54, 1.807) is 20.2 Å². The Morgan fingerprint density at radius 2 is 2.25 bits per heavy atom. The normalized spacial score (nSPS) is 12.5. The summed E-state index contributed by atoms with van der Waals surface area (Å²) in [7, 11) is 3.73. The molecule has 0 unspecified atom stereocenters. The van der Waals surface area contributed by atoms with E-state index in [0.717, 1.165) is 25.3 Å². The monoisotopic (exact) mass is 224 g/mol. The molecule has 0 aliphatic rings. The van der Waals surface area contributed by atoms with Gasteiger partial charge >= 0.3 is 0 Å². The standard InChI is InChI=1S/C12H20N2O2/c1-10(15)12-6-5-11(9-13-12)14(2)7-4-8-16-3/h5-6,9-10,15H,4,7-8H2,1-3H3/t10-/m0/s1. The van der Waals surface area contributed by atoms with Crippen molar-refractivity contribution in [3.63, 3.8) is 0 Å². The second-order valence-corrected chi connectivity index (χ2v) is 3.89. The first-order valence-corrected chi connectivity index (χ1v) is 5.49. The van der Waals surface area contributed by atoms with Crippen molar-refractivity contribution < 1.29 is 9.84 Å². The predicted molar refractivity (Wildman–Crippen MR) is 64.6 cm³/mol. The van der Waals surface area contributed by atoms with E-state index in [1.807, 2.05) is 19.2 Å². The summed E-state index contributed by atoms with van der Waals surface area (Å²) in [4.78, 5) is 6.33. The average molecular weight is 224 g/mol. The van der Waals surface area contributed by atoms with Crippen molar-refractivity contribution in [2.45, 2.75) is 19.4 Å². The molecule has 4 nitrogen and oxygen atoms in total. The molecule has 0 fully saturated rings. The highest BCUT2D eigenvalue weighted by molar-refractivity contribution is 5.43. The molecule has 0 saturated heterocycles. The summed E-state index contributed by atoms with van der Waals surface area (Å²) >= 11 is 0. The minimum absolute atomic E-state index is 0.507. The van der Waals surface area contributed by atoms with Gasteiger partial charge in [-0.2, -0.15) is 0 Å². The molecule has 1 heterocycles. The van der Waals surface area contributed by atoms with Crippen LogP contribution < -0.4 is 4.90 Å². The van der Waals surface area contributed by atoms with Crippen molar-refractivity contribution in [1.29, 1.82) is 0 Å². The Bertz CT molecular complexity index is 298. The molecule has 1 rings (SSSR count). The van der Waals surface area contributed by atoms with Crippen LogP contribution in [0.4, 0.5) is 5.69 Å². The van der Waals surface area contributed by atoms with Crippen LogP contribution in [0.3, 0.4) is 0 Å². The van der Waals surface area contributed by atoms with Gasteiger partial charge in [0.1, 0.15) is 0 Å². The number of aliphatic hydroxyl groups excluding tert-OH is 1. The van der Waals surface area contributed by atoms with E-state index in [0.29, 0.717) is 5.69 Å². The van der Waals surface area contributed by atoms with E-state index in [2.05, 4.69) is 9.88 Å². The van der Waals surface area contributed by atoms with Gasteiger partial charge in [-0.1, -0.05) is 0 Å². The van der Waals surface area contributed by atoms with Gasteiger partial charge in [0.25, 0.3) is 0 Å². The number of pyridine rings is 1. The van der Waals surface area contributed by atoms with Crippen LogP contribution in [0.15, 0.2) is 18.3 Å². The molecule has 16 heavy (non-hydrogen) atoms. The van der Waals surface area contributed by atoms with Gasteiger partial charge in [-0.25, -0.2) is 0 Å². The number of hydrogen-bond acceptors (Lipinski definition) is 4. The van der Waals surface area contributed by atoms with Crippen LogP contribution in [-0.2, 0) is 4.74 Å². The molecule has 0 bridgehead atoms. The second kappa shape index (κ2) is 6.45. The molecular formula is C12H20N2O2. The number of ether oxygens (including phenoxy) is 1. The zero-order valence-electron chi connectivity index (χ0n) is 10.2. The smallest absolute Gasteiger partial charge is 0.0931 e. The maximum Gasteiger partial charge on any atom is 0.0931 e. The number of anilines is 1. The number of aromatic nitrogens is 1. The summed E-state index contributed by atoms with van der Waals surface area (Å²) in [5, 5.41) is 9.33. The third kappa shape index (κ3) is 3.79. The summed E-state index contributed by atoms with van der Waals surface area (Å²) in [6.45, 7) is 3.41. The molecule has 1 aromatic rings. The van der Waals surface area contributed by atoms with Crippen LogP contribution in [0.1, 0.15) is 25.1 Å². The highest BCUT2D eigenvalue weighted by atomic mass is 16.5. The minimum Gasteiger partial charge on any atom is -0.387 e. The maximum absolute atomic E-state index is 9.33. The zero-order chi connectivity index (χ0) is 12.0. The van der Waals surface area contributed by atoms with Crippen molar-refractivity contribution in [3.8, 4) is 0 Å². The molecule has 0 amide bonds. The Hall–Kier alpha value is -1.13. The van der Waals surface area contributed by atoms with Crippen molar-refractivity contribution >= 4 is 5.69 Å². The van der Waals surface area contributed by atoms with Crippen molar-refractivity contribution in [3.05, 3.63) is 24.0 Å². The molecule has 0 aromatic carbocycles. The van der Waals surface area contributed by atoms with Crippen LogP contribution in [-0.4, -0.2) is 37.4 Å². The highest BCUT2D eigenvalue weighted by Gasteiger charge is 2.04.